The molecule has 1 heterocycles. The first-order chi connectivity index (χ1) is 19.4. The van der Waals surface area contributed by atoms with Crippen LogP contribution in [0.1, 0.15) is 37.7 Å². The maximum Gasteiger partial charge on any atom is 0.326 e. The molecule has 1 aromatic heterocycles. The molecule has 0 radical (unpaired) electrons. The fraction of sp³-hybridized carbons (Fsp3) is 0.462. The van der Waals surface area contributed by atoms with E-state index in [4.69, 9.17) is 15.9 Å². The monoisotopic (exact) mass is 593 g/mol. The van der Waals surface area contributed by atoms with Crippen molar-refractivity contribution in [2.24, 2.45) is 5.73 Å². The van der Waals surface area contributed by atoms with Gasteiger partial charge < -0.3 is 42.0 Å². The normalized spacial score (nSPS) is 13.9. The van der Waals surface area contributed by atoms with Crippen molar-refractivity contribution in [1.82, 2.24) is 20.9 Å². The van der Waals surface area contributed by atoms with Crippen molar-refractivity contribution in [1.29, 1.82) is 0 Å². The van der Waals surface area contributed by atoms with Crippen LogP contribution in [-0.4, -0.2) is 92.1 Å². The third-order valence-corrected chi connectivity index (χ3v) is 6.89. The molecule has 0 aliphatic rings. The molecule has 0 fully saturated rings. The molecule has 0 aliphatic carbocycles. The van der Waals surface area contributed by atoms with Crippen LogP contribution in [0.25, 0.3) is 10.9 Å². The fourth-order valence-corrected chi connectivity index (χ4v) is 4.48. The summed E-state index contributed by atoms with van der Waals surface area (Å²) < 4.78 is 0. The van der Waals surface area contributed by atoms with Gasteiger partial charge in [0.1, 0.15) is 18.1 Å². The van der Waals surface area contributed by atoms with Gasteiger partial charge in [0, 0.05) is 36.4 Å². The van der Waals surface area contributed by atoms with Crippen molar-refractivity contribution >= 4 is 58.3 Å². The predicted octanol–water partition coefficient (Wildman–Crippen LogP) is 0.0594. The van der Waals surface area contributed by atoms with Crippen molar-refractivity contribution in [3.63, 3.8) is 0 Å². The Kier molecular flexibility index (Phi) is 13.1. The maximum atomic E-state index is 13.3. The van der Waals surface area contributed by atoms with Gasteiger partial charge in [-0.1, -0.05) is 18.2 Å². The van der Waals surface area contributed by atoms with E-state index in [-0.39, 0.29) is 12.8 Å². The van der Waals surface area contributed by atoms with Crippen LogP contribution in [-0.2, 0) is 35.2 Å². The van der Waals surface area contributed by atoms with Crippen LogP contribution in [0.3, 0.4) is 0 Å². The molecule has 2 aromatic rings. The van der Waals surface area contributed by atoms with E-state index in [1.165, 1.54) is 11.8 Å². The summed E-state index contributed by atoms with van der Waals surface area (Å²) in [6.07, 6.45) is 2.02. The van der Waals surface area contributed by atoms with E-state index < -0.39 is 79.1 Å². The van der Waals surface area contributed by atoms with Crippen molar-refractivity contribution < 1.29 is 44.1 Å². The molecule has 15 heteroatoms. The minimum atomic E-state index is -1.54. The summed E-state index contributed by atoms with van der Waals surface area (Å²) in [7, 11) is 0. The van der Waals surface area contributed by atoms with Crippen molar-refractivity contribution in [2.45, 2.75) is 62.7 Å². The minimum Gasteiger partial charge on any atom is -0.481 e. The summed E-state index contributed by atoms with van der Waals surface area (Å²) in [5.41, 5.74) is 7.26. The molecule has 4 atom stereocenters. The van der Waals surface area contributed by atoms with Crippen LogP contribution in [0.5, 0.6) is 0 Å². The number of carboxylic acids is 3. The molecule has 0 aliphatic heterocycles. The lowest BCUT2D eigenvalue weighted by Gasteiger charge is -2.25. The molecule has 224 valence electrons. The molecule has 0 spiro atoms. The molecule has 14 nitrogen and oxygen atoms in total. The van der Waals surface area contributed by atoms with Gasteiger partial charge in [0.25, 0.3) is 0 Å². The molecule has 3 amide bonds. The second-order valence-electron chi connectivity index (χ2n) is 9.34. The molecule has 0 bridgehead atoms. The Morgan fingerprint density at radius 3 is 2.00 bits per heavy atom. The number of carboxylic acid groups (broad SMARTS) is 3. The van der Waals surface area contributed by atoms with Gasteiger partial charge in [0.2, 0.25) is 17.7 Å². The van der Waals surface area contributed by atoms with Gasteiger partial charge in [-0.2, -0.15) is 11.8 Å². The Morgan fingerprint density at radius 2 is 1.39 bits per heavy atom. The van der Waals surface area contributed by atoms with Crippen LogP contribution < -0.4 is 21.7 Å². The van der Waals surface area contributed by atoms with E-state index in [1.807, 2.05) is 6.26 Å². The molecule has 0 saturated heterocycles. The lowest BCUT2D eigenvalue weighted by molar-refractivity contribution is -0.143. The van der Waals surface area contributed by atoms with Crippen LogP contribution >= 0.6 is 11.8 Å². The minimum absolute atomic E-state index is 0.0975. The maximum absolute atomic E-state index is 13.3. The Labute approximate surface area is 239 Å². The molecule has 0 saturated carbocycles. The van der Waals surface area contributed by atoms with Crippen molar-refractivity contribution in [2.75, 3.05) is 12.0 Å². The third-order valence-electron chi connectivity index (χ3n) is 6.24. The number of thioether (sulfide) groups is 1. The van der Waals surface area contributed by atoms with Crippen LogP contribution in [0.15, 0.2) is 30.5 Å². The highest BCUT2D eigenvalue weighted by atomic mass is 32.2. The first-order valence-electron chi connectivity index (χ1n) is 12.8. The third kappa shape index (κ3) is 10.8. The van der Waals surface area contributed by atoms with E-state index in [0.717, 1.165) is 10.9 Å². The van der Waals surface area contributed by atoms with E-state index in [1.54, 1.807) is 30.5 Å². The number of aromatic amines is 1. The molecule has 2 rings (SSSR count). The highest BCUT2D eigenvalue weighted by Gasteiger charge is 2.31. The van der Waals surface area contributed by atoms with Crippen molar-refractivity contribution in [3.05, 3.63) is 36.0 Å². The molecule has 1 aromatic carbocycles. The number of carbonyl (C=O) groups is 6. The molecule has 4 unspecified atom stereocenters. The summed E-state index contributed by atoms with van der Waals surface area (Å²) in [6.45, 7) is 0. The van der Waals surface area contributed by atoms with Gasteiger partial charge in [-0.15, -0.1) is 0 Å². The number of amides is 3. The Hall–Kier alpha value is -4.11. The van der Waals surface area contributed by atoms with Gasteiger partial charge >= 0.3 is 17.9 Å². The van der Waals surface area contributed by atoms with Gasteiger partial charge in [0.15, 0.2) is 0 Å². The predicted molar refractivity (Wildman–Crippen MR) is 150 cm³/mol. The zero-order valence-electron chi connectivity index (χ0n) is 22.4. The first-order valence-corrected chi connectivity index (χ1v) is 14.2. The molecule has 9 N–H and O–H groups in total. The highest BCUT2D eigenvalue weighted by molar-refractivity contribution is 7.98. The number of rotatable bonds is 18. The summed E-state index contributed by atoms with van der Waals surface area (Å²) in [5.74, 6) is -5.76. The standard InChI is InChI=1S/C26H35N5O9S/c1-41-11-10-16(27)23(36)29-18(6-8-21(32)33)24(37)31-20(12-14-13-28-17-5-3-2-4-15(14)17)25(38)30-19(26(39)40)7-9-22(34)35/h2-5,13,16,18-20,28H,6-12,27H2,1H3,(H,29,36)(H,30,38)(H,31,37)(H,32,33)(H,34,35)(H,39,40). The Morgan fingerprint density at radius 1 is 0.829 bits per heavy atom. The summed E-state index contributed by atoms with van der Waals surface area (Å²) >= 11 is 1.47. The zero-order chi connectivity index (χ0) is 30.5. The summed E-state index contributed by atoms with van der Waals surface area (Å²) in [4.78, 5) is 76.1. The Balaban J connectivity index is 2.32. The first kappa shape index (κ1) is 33.1. The highest BCUT2D eigenvalue weighted by Crippen LogP contribution is 2.19. The lowest BCUT2D eigenvalue weighted by atomic mass is 10.0. The smallest absolute Gasteiger partial charge is 0.326 e. The van der Waals surface area contributed by atoms with Crippen molar-refractivity contribution in [3.8, 4) is 0 Å². The number of nitrogens with one attached hydrogen (secondary N) is 4. The van der Waals surface area contributed by atoms with E-state index in [9.17, 15) is 33.9 Å². The number of benzene rings is 1. The average Bonchev–Trinajstić information content (AvgIpc) is 3.33. The molecular formula is C26H35N5O9S. The number of aromatic nitrogens is 1. The Bertz CT molecular complexity index is 1250. The number of hydrogen-bond donors (Lipinski definition) is 8. The fourth-order valence-electron chi connectivity index (χ4n) is 3.99. The second-order valence-corrected chi connectivity index (χ2v) is 10.3. The van der Waals surface area contributed by atoms with E-state index in [0.29, 0.717) is 17.7 Å². The molecule has 41 heavy (non-hydrogen) atoms. The van der Waals surface area contributed by atoms with Gasteiger partial charge in [-0.3, -0.25) is 24.0 Å². The van der Waals surface area contributed by atoms with Gasteiger partial charge in [-0.05, 0) is 42.9 Å². The SMILES string of the molecule is CSCCC(N)C(=O)NC(CCC(=O)O)C(=O)NC(Cc1c[nH]c2ccccc12)C(=O)NC(CCC(=O)O)C(=O)O. The number of aliphatic carboxylic acids is 3. The largest absolute Gasteiger partial charge is 0.481 e. The quantitative estimate of drug-likeness (QED) is 0.115. The van der Waals surface area contributed by atoms with Crippen LogP contribution in [0.4, 0.5) is 0 Å². The molecular weight excluding hydrogens is 558 g/mol. The number of fused-ring (bicyclic) bond motifs is 1. The van der Waals surface area contributed by atoms with E-state index in [2.05, 4.69) is 20.9 Å². The zero-order valence-corrected chi connectivity index (χ0v) is 23.2. The lowest BCUT2D eigenvalue weighted by Crippen LogP contribution is -2.57. The topological polar surface area (TPSA) is 241 Å². The second kappa shape index (κ2) is 16.2. The number of H-pyrrole nitrogens is 1. The van der Waals surface area contributed by atoms with E-state index >= 15 is 0 Å². The number of carbonyl (C=O) groups excluding carboxylic acids is 3. The summed E-state index contributed by atoms with van der Waals surface area (Å²) in [5, 5.41) is 35.6. The van der Waals surface area contributed by atoms with Gasteiger partial charge in [0.05, 0.1) is 6.04 Å². The number of para-hydroxylation sites is 1. The number of nitrogens with two attached hydrogens (primary N) is 1. The van der Waals surface area contributed by atoms with Gasteiger partial charge in [-0.25, -0.2) is 4.79 Å². The van der Waals surface area contributed by atoms with Crippen LogP contribution in [0.2, 0.25) is 0 Å². The average molecular weight is 594 g/mol. The van der Waals surface area contributed by atoms with Crippen LogP contribution in [0, 0.1) is 0 Å². The number of hydrogen-bond acceptors (Lipinski definition) is 8. The summed E-state index contributed by atoms with van der Waals surface area (Å²) in [6, 6.07) is 1.97.